The third kappa shape index (κ3) is 0.757. The molecule has 0 aromatic carbocycles. The molecule has 1 atom stereocenters. The molecule has 0 aromatic rings. The van der Waals surface area contributed by atoms with Gasteiger partial charge in [-0.2, -0.15) is 4.62 Å². The summed E-state index contributed by atoms with van der Waals surface area (Å²) in [4.78, 5) is 0. The monoisotopic (exact) mass is 191 g/mol. The van der Waals surface area contributed by atoms with E-state index in [-0.39, 0.29) is 0 Å². The molecule has 4 aliphatic heterocycles. The van der Waals surface area contributed by atoms with Crippen molar-refractivity contribution in [1.29, 1.82) is 0 Å². The lowest BCUT2D eigenvalue weighted by Crippen LogP contribution is -2.52. The highest BCUT2D eigenvalue weighted by molar-refractivity contribution is 7.50. The van der Waals surface area contributed by atoms with Crippen LogP contribution in [0.1, 0.15) is 19.8 Å². The van der Waals surface area contributed by atoms with Gasteiger partial charge in [0.05, 0.1) is 0 Å². The Morgan fingerprint density at radius 2 is 2.33 bits per heavy atom. The van der Waals surface area contributed by atoms with E-state index < -0.39 is 13.7 Å². The predicted octanol–water partition coefficient (Wildman–Crippen LogP) is 1.47. The minimum atomic E-state index is -3.11. The van der Waals surface area contributed by atoms with Gasteiger partial charge in [0.25, 0.3) is 5.91 Å². The summed E-state index contributed by atoms with van der Waals surface area (Å²) in [7, 11) is -3.11. The molecule has 12 heavy (non-hydrogen) atoms. The van der Waals surface area contributed by atoms with Gasteiger partial charge in [-0.3, -0.25) is 0 Å². The number of hydrogen-bond acceptors (Lipinski definition) is 5. The van der Waals surface area contributed by atoms with Gasteiger partial charge < -0.3 is 0 Å². The molecule has 6 heteroatoms. The Balaban J connectivity index is 1.91. The first-order chi connectivity index (χ1) is 5.62. The molecule has 4 fully saturated rings. The van der Waals surface area contributed by atoms with Crippen molar-refractivity contribution in [2.24, 2.45) is 5.92 Å². The van der Waals surface area contributed by atoms with Crippen LogP contribution in [0.5, 0.6) is 0 Å². The lowest BCUT2D eigenvalue weighted by Gasteiger charge is -2.40. The molecular formula is C6H10NO4P. The van der Waals surface area contributed by atoms with Crippen molar-refractivity contribution in [3.8, 4) is 0 Å². The van der Waals surface area contributed by atoms with Crippen LogP contribution in [0.15, 0.2) is 0 Å². The molecule has 0 aliphatic carbocycles. The fourth-order valence-corrected chi connectivity index (χ4v) is 3.49. The highest BCUT2D eigenvalue weighted by atomic mass is 31.2. The molecule has 0 amide bonds. The number of phosphoric ester groups is 1. The van der Waals surface area contributed by atoms with Crippen LogP contribution in [0, 0.1) is 5.92 Å². The quantitative estimate of drug-likeness (QED) is 0.542. The van der Waals surface area contributed by atoms with Crippen molar-refractivity contribution < 1.29 is 18.2 Å². The fraction of sp³-hybridized carbons (Fsp3) is 1.00. The first-order valence-electron chi connectivity index (χ1n) is 4.11. The van der Waals surface area contributed by atoms with Gasteiger partial charge in [0.15, 0.2) is 0 Å². The normalized spacial score (nSPS) is 57.9. The van der Waals surface area contributed by atoms with Gasteiger partial charge in [0.2, 0.25) is 0 Å². The first kappa shape index (κ1) is 7.47. The summed E-state index contributed by atoms with van der Waals surface area (Å²) >= 11 is 0. The average Bonchev–Trinajstić information content (AvgIpc) is 2.32. The first-order valence-corrected chi connectivity index (χ1v) is 5.57. The van der Waals surface area contributed by atoms with E-state index >= 15 is 0 Å². The Bertz CT molecular complexity index is 271. The Morgan fingerprint density at radius 3 is 3.08 bits per heavy atom. The van der Waals surface area contributed by atoms with Crippen molar-refractivity contribution in [1.82, 2.24) is 5.06 Å². The number of hydroxylamine groups is 2. The van der Waals surface area contributed by atoms with Gasteiger partial charge in [-0.15, -0.1) is 5.06 Å². The van der Waals surface area contributed by atoms with Crippen molar-refractivity contribution in [3.63, 3.8) is 0 Å². The lowest BCUT2D eigenvalue weighted by atomic mass is 9.97. The van der Waals surface area contributed by atoms with Crippen molar-refractivity contribution in [2.45, 2.75) is 25.7 Å². The van der Waals surface area contributed by atoms with E-state index in [0.717, 1.165) is 19.4 Å². The summed E-state index contributed by atoms with van der Waals surface area (Å²) in [5.41, 5.74) is 0. The van der Waals surface area contributed by atoms with Crippen LogP contribution in [0.3, 0.4) is 0 Å². The number of piperidine rings is 1. The Labute approximate surface area is 70.2 Å². The second-order valence-electron chi connectivity index (χ2n) is 3.62. The molecule has 1 unspecified atom stereocenters. The van der Waals surface area contributed by atoms with Gasteiger partial charge in [0, 0.05) is 13.0 Å². The van der Waals surface area contributed by atoms with Gasteiger partial charge >= 0.3 is 7.82 Å². The Hall–Kier alpha value is 0.0700. The molecule has 4 saturated heterocycles. The van der Waals surface area contributed by atoms with Crippen molar-refractivity contribution >= 4 is 7.82 Å². The van der Waals surface area contributed by atoms with Gasteiger partial charge in [-0.05, 0) is 12.3 Å². The second kappa shape index (κ2) is 1.94. The zero-order valence-electron chi connectivity index (χ0n) is 6.73. The molecular weight excluding hydrogens is 181 g/mol. The zero-order chi connectivity index (χ0) is 8.40. The fourth-order valence-electron chi connectivity index (χ4n) is 1.93. The SMILES string of the molecule is CC1CCN2OP3(=O)OC2(C1)O3. The van der Waals surface area contributed by atoms with Crippen LogP contribution in [0.25, 0.3) is 0 Å². The third-order valence-electron chi connectivity index (χ3n) is 2.52. The Morgan fingerprint density at radius 1 is 1.58 bits per heavy atom. The van der Waals surface area contributed by atoms with E-state index in [2.05, 4.69) is 6.92 Å². The maximum atomic E-state index is 11.2. The smallest absolute Gasteiger partial charge is 0.235 e. The van der Waals surface area contributed by atoms with E-state index in [0.29, 0.717) is 5.92 Å². The van der Waals surface area contributed by atoms with E-state index in [1.54, 1.807) is 5.06 Å². The summed E-state index contributed by atoms with van der Waals surface area (Å²) in [5.74, 6) is -0.246. The minimum absolute atomic E-state index is 0.539. The second-order valence-corrected chi connectivity index (χ2v) is 5.05. The van der Waals surface area contributed by atoms with E-state index in [1.807, 2.05) is 0 Å². The van der Waals surface area contributed by atoms with E-state index in [4.69, 9.17) is 13.7 Å². The molecule has 0 N–H and O–H groups in total. The molecule has 68 valence electrons. The summed E-state index contributed by atoms with van der Waals surface area (Å²) in [6.45, 7) is 2.87. The number of rotatable bonds is 0. The summed E-state index contributed by atoms with van der Waals surface area (Å²) in [6.07, 6.45) is 1.78. The minimum Gasteiger partial charge on any atom is -0.235 e. The maximum Gasteiger partial charge on any atom is 0.499 e. The third-order valence-corrected chi connectivity index (χ3v) is 3.93. The van der Waals surface area contributed by atoms with Crippen LogP contribution >= 0.6 is 7.82 Å². The highest BCUT2D eigenvalue weighted by Crippen LogP contribution is 2.75. The number of hydrogen-bond donors (Lipinski definition) is 0. The average molecular weight is 191 g/mol. The summed E-state index contributed by atoms with van der Waals surface area (Å²) in [6, 6.07) is 0. The topological polar surface area (TPSA) is 48.0 Å². The van der Waals surface area contributed by atoms with Crippen molar-refractivity contribution in [2.75, 3.05) is 6.54 Å². The molecule has 0 radical (unpaired) electrons. The van der Waals surface area contributed by atoms with Gasteiger partial charge in [0.1, 0.15) is 0 Å². The largest absolute Gasteiger partial charge is 0.499 e. The molecule has 0 saturated carbocycles. The molecule has 4 rings (SSSR count). The van der Waals surface area contributed by atoms with Crippen LogP contribution < -0.4 is 0 Å². The van der Waals surface area contributed by atoms with Crippen molar-refractivity contribution in [3.05, 3.63) is 0 Å². The summed E-state index contributed by atoms with van der Waals surface area (Å²) in [5, 5.41) is 1.58. The number of nitrogens with zero attached hydrogens (tertiary/aromatic N) is 1. The molecule has 1 spiro atoms. The summed E-state index contributed by atoms with van der Waals surface area (Å²) < 4.78 is 26.5. The molecule has 0 aromatic heterocycles. The maximum absolute atomic E-state index is 11.2. The molecule has 2 bridgehead atoms. The van der Waals surface area contributed by atoms with E-state index in [1.165, 1.54) is 0 Å². The molecule has 4 aliphatic rings. The predicted molar refractivity (Wildman–Crippen MR) is 38.7 cm³/mol. The number of phosphoric acid groups is 1. The van der Waals surface area contributed by atoms with Gasteiger partial charge in [-0.25, -0.2) is 13.6 Å². The van der Waals surface area contributed by atoms with E-state index in [9.17, 15) is 4.57 Å². The highest BCUT2D eigenvalue weighted by Gasteiger charge is 2.71. The standard InChI is InChI=1S/C6H10NO4P/c1-5-2-3-7-6(4-5)9-12(8,10-6)11-7/h5H,2-4H2,1H3. The lowest BCUT2D eigenvalue weighted by molar-refractivity contribution is -0.299. The molecule has 5 nitrogen and oxygen atoms in total. The Kier molecular flexibility index (Phi) is 1.21. The van der Waals surface area contributed by atoms with Crippen LogP contribution in [-0.2, 0) is 18.2 Å². The van der Waals surface area contributed by atoms with Gasteiger partial charge in [-0.1, -0.05) is 6.92 Å². The van der Waals surface area contributed by atoms with Crippen LogP contribution in [-0.4, -0.2) is 17.5 Å². The van der Waals surface area contributed by atoms with Crippen LogP contribution in [0.4, 0.5) is 0 Å². The molecule has 4 heterocycles. The van der Waals surface area contributed by atoms with Crippen LogP contribution in [0.2, 0.25) is 0 Å². The zero-order valence-corrected chi connectivity index (χ0v) is 7.62.